The molecule has 0 fully saturated rings. The van der Waals surface area contributed by atoms with Crippen molar-refractivity contribution in [3.05, 3.63) is 72.8 Å². The molecule has 0 atom stereocenters. The molecule has 0 aliphatic rings. The van der Waals surface area contributed by atoms with Crippen LogP contribution in [0.3, 0.4) is 0 Å². The first kappa shape index (κ1) is 14.8. The Balaban J connectivity index is 1.48. The van der Waals surface area contributed by atoms with Gasteiger partial charge in [-0.2, -0.15) is 14.8 Å². The molecule has 2 N–H and O–H groups in total. The first-order chi connectivity index (χ1) is 12.3. The molecule has 8 heteroatoms. The number of fused-ring (bicyclic) bond motifs is 1. The molecule has 1 amide bonds. The van der Waals surface area contributed by atoms with Gasteiger partial charge in [0.05, 0.1) is 11.8 Å². The number of carbonyl (C=O) groups excluding carboxylic acids is 1. The highest BCUT2D eigenvalue weighted by Gasteiger charge is 2.13. The van der Waals surface area contributed by atoms with Gasteiger partial charge in [0, 0.05) is 30.0 Å². The Morgan fingerprint density at radius 1 is 0.880 bits per heavy atom. The first-order valence-electron chi connectivity index (χ1n) is 7.54. The summed E-state index contributed by atoms with van der Waals surface area (Å²) >= 11 is 0. The van der Waals surface area contributed by atoms with Crippen LogP contribution in [-0.4, -0.2) is 30.7 Å². The van der Waals surface area contributed by atoms with Crippen LogP contribution in [0.4, 0.5) is 17.3 Å². The summed E-state index contributed by atoms with van der Waals surface area (Å²) in [5.41, 5.74) is 2.62. The van der Waals surface area contributed by atoms with Gasteiger partial charge in [-0.3, -0.25) is 4.79 Å². The number of nitrogens with zero attached hydrogens (tertiary/aromatic N) is 5. The molecule has 25 heavy (non-hydrogen) atoms. The van der Waals surface area contributed by atoms with Gasteiger partial charge in [0.1, 0.15) is 5.52 Å². The number of hydrogen-bond acceptors (Lipinski definition) is 6. The summed E-state index contributed by atoms with van der Waals surface area (Å²) in [7, 11) is 0. The summed E-state index contributed by atoms with van der Waals surface area (Å²) in [5, 5.41) is 14.0. The van der Waals surface area contributed by atoms with Crippen molar-refractivity contribution in [2.75, 3.05) is 10.6 Å². The van der Waals surface area contributed by atoms with E-state index in [0.29, 0.717) is 22.7 Å². The average Bonchev–Trinajstić information content (AvgIpc) is 3.08. The Hall–Kier alpha value is -3.81. The number of rotatable bonds is 4. The average molecular weight is 331 g/mol. The van der Waals surface area contributed by atoms with Crippen LogP contribution in [0, 0.1) is 0 Å². The van der Waals surface area contributed by atoms with E-state index in [1.807, 2.05) is 12.1 Å². The minimum absolute atomic E-state index is 0.241. The van der Waals surface area contributed by atoms with E-state index < -0.39 is 0 Å². The molecule has 122 valence electrons. The van der Waals surface area contributed by atoms with Gasteiger partial charge in [0.25, 0.3) is 5.91 Å². The Bertz CT molecular complexity index is 1010. The topological polar surface area (TPSA) is 97.1 Å². The van der Waals surface area contributed by atoms with Gasteiger partial charge in [-0.1, -0.05) is 0 Å². The molecule has 0 bridgehead atoms. The Morgan fingerprint density at radius 2 is 1.64 bits per heavy atom. The maximum absolute atomic E-state index is 12.4. The largest absolute Gasteiger partial charge is 0.324 e. The molecule has 4 aromatic rings. The smallest absolute Gasteiger partial charge is 0.259 e. The van der Waals surface area contributed by atoms with Gasteiger partial charge in [0.2, 0.25) is 5.95 Å². The lowest BCUT2D eigenvalue weighted by Gasteiger charge is -2.07. The van der Waals surface area contributed by atoms with Crippen LogP contribution in [-0.2, 0) is 0 Å². The predicted molar refractivity (Wildman–Crippen MR) is 92.7 cm³/mol. The number of benzene rings is 1. The molecule has 1 aromatic carbocycles. The van der Waals surface area contributed by atoms with Gasteiger partial charge >= 0.3 is 0 Å². The molecule has 0 aliphatic carbocycles. The number of amides is 1. The van der Waals surface area contributed by atoms with Crippen molar-refractivity contribution in [3.63, 3.8) is 0 Å². The lowest BCUT2D eigenvalue weighted by Crippen LogP contribution is -2.11. The number of carbonyl (C=O) groups is 1. The monoisotopic (exact) mass is 331 g/mol. The maximum atomic E-state index is 12.4. The van der Waals surface area contributed by atoms with Crippen molar-refractivity contribution in [2.45, 2.75) is 0 Å². The van der Waals surface area contributed by atoms with Gasteiger partial charge < -0.3 is 10.6 Å². The van der Waals surface area contributed by atoms with E-state index in [0.717, 1.165) is 5.69 Å². The molecule has 0 saturated carbocycles. The second-order valence-corrected chi connectivity index (χ2v) is 5.19. The summed E-state index contributed by atoms with van der Waals surface area (Å²) in [6.45, 7) is 0. The molecular formula is C17H13N7O. The van der Waals surface area contributed by atoms with Crippen LogP contribution in [0.1, 0.15) is 10.4 Å². The zero-order valence-electron chi connectivity index (χ0n) is 13.0. The van der Waals surface area contributed by atoms with Crippen LogP contribution in [0.5, 0.6) is 0 Å². The molecule has 0 radical (unpaired) electrons. The lowest BCUT2D eigenvalue weighted by atomic mass is 10.2. The van der Waals surface area contributed by atoms with Crippen molar-refractivity contribution < 1.29 is 4.79 Å². The number of anilines is 3. The van der Waals surface area contributed by atoms with Gasteiger partial charge in [-0.05, 0) is 42.5 Å². The Labute approximate surface area is 142 Å². The van der Waals surface area contributed by atoms with Crippen LogP contribution < -0.4 is 10.6 Å². The number of aromatic nitrogens is 5. The molecule has 0 aliphatic heterocycles. The van der Waals surface area contributed by atoms with Crippen LogP contribution in [0.15, 0.2) is 67.3 Å². The summed E-state index contributed by atoms with van der Waals surface area (Å²) in [6, 6.07) is 12.6. The first-order valence-corrected chi connectivity index (χ1v) is 7.54. The molecule has 4 rings (SSSR count). The van der Waals surface area contributed by atoms with E-state index in [9.17, 15) is 4.79 Å². The fourth-order valence-corrected chi connectivity index (χ4v) is 2.34. The van der Waals surface area contributed by atoms with Crippen molar-refractivity contribution in [2.24, 2.45) is 0 Å². The highest BCUT2D eigenvalue weighted by atomic mass is 16.1. The van der Waals surface area contributed by atoms with E-state index in [1.54, 1.807) is 48.9 Å². The molecule has 0 spiro atoms. The minimum Gasteiger partial charge on any atom is -0.324 e. The fourth-order valence-electron chi connectivity index (χ4n) is 2.34. The third-order valence-corrected chi connectivity index (χ3v) is 3.51. The normalized spacial score (nSPS) is 10.6. The van der Waals surface area contributed by atoms with Gasteiger partial charge in [-0.15, -0.1) is 0 Å². The zero-order valence-corrected chi connectivity index (χ0v) is 13.0. The second-order valence-electron chi connectivity index (χ2n) is 5.19. The van der Waals surface area contributed by atoms with E-state index >= 15 is 0 Å². The molecule has 3 aromatic heterocycles. The third kappa shape index (κ3) is 3.13. The van der Waals surface area contributed by atoms with E-state index in [2.05, 4.69) is 30.8 Å². The van der Waals surface area contributed by atoms with E-state index in [1.165, 1.54) is 10.8 Å². The second kappa shape index (κ2) is 6.36. The highest BCUT2D eigenvalue weighted by molar-refractivity contribution is 6.08. The predicted octanol–water partition coefficient (Wildman–Crippen LogP) is 2.52. The minimum atomic E-state index is -0.241. The Morgan fingerprint density at radius 3 is 2.44 bits per heavy atom. The molecular weight excluding hydrogens is 318 g/mol. The van der Waals surface area contributed by atoms with Gasteiger partial charge in [-0.25, -0.2) is 9.97 Å². The molecule has 0 unspecified atom stereocenters. The summed E-state index contributed by atoms with van der Waals surface area (Å²) in [6.07, 6.45) is 6.44. The van der Waals surface area contributed by atoms with E-state index in [-0.39, 0.29) is 5.91 Å². The quantitative estimate of drug-likeness (QED) is 0.596. The maximum Gasteiger partial charge on any atom is 0.259 e. The summed E-state index contributed by atoms with van der Waals surface area (Å²) < 4.78 is 1.42. The third-order valence-electron chi connectivity index (χ3n) is 3.51. The van der Waals surface area contributed by atoms with Crippen molar-refractivity contribution >= 4 is 28.7 Å². The van der Waals surface area contributed by atoms with E-state index in [4.69, 9.17) is 0 Å². The Kier molecular flexibility index (Phi) is 3.76. The molecule has 8 nitrogen and oxygen atoms in total. The standard InChI is InChI=1S/C17H13N7O/c25-16(14-11-21-24-15(14)3-1-10-20-24)22-12-4-6-13(7-5-12)23-17-18-8-2-9-19-17/h1-11H,(H,22,25)(H,18,19,23). The number of hydrogen-bond donors (Lipinski definition) is 2. The van der Waals surface area contributed by atoms with Crippen LogP contribution in [0.25, 0.3) is 5.52 Å². The number of nitrogens with one attached hydrogen (secondary N) is 2. The van der Waals surface area contributed by atoms with Crippen LogP contribution in [0.2, 0.25) is 0 Å². The lowest BCUT2D eigenvalue weighted by molar-refractivity contribution is 0.102. The van der Waals surface area contributed by atoms with Crippen molar-refractivity contribution in [1.82, 2.24) is 24.8 Å². The van der Waals surface area contributed by atoms with Gasteiger partial charge in [0.15, 0.2) is 0 Å². The molecule has 0 saturated heterocycles. The van der Waals surface area contributed by atoms with Crippen molar-refractivity contribution in [1.29, 1.82) is 0 Å². The SMILES string of the molecule is O=C(Nc1ccc(Nc2ncccn2)cc1)c1cnn2ncccc12. The van der Waals surface area contributed by atoms with Crippen molar-refractivity contribution in [3.8, 4) is 0 Å². The van der Waals surface area contributed by atoms with Crippen LogP contribution >= 0.6 is 0 Å². The zero-order chi connectivity index (χ0) is 17.1. The summed E-state index contributed by atoms with van der Waals surface area (Å²) in [5.74, 6) is 0.272. The highest BCUT2D eigenvalue weighted by Crippen LogP contribution is 2.18. The fraction of sp³-hybridized carbons (Fsp3) is 0. The summed E-state index contributed by atoms with van der Waals surface area (Å²) in [4.78, 5) is 20.6. The molecule has 3 heterocycles.